The first-order valence-electron chi connectivity index (χ1n) is 11.0. The Morgan fingerprint density at radius 1 is 1.21 bits per heavy atom. The second-order valence-corrected chi connectivity index (χ2v) is 8.81. The Morgan fingerprint density at radius 3 is 2.94 bits per heavy atom. The zero-order valence-electron chi connectivity index (χ0n) is 18.5. The molecule has 0 saturated carbocycles. The van der Waals surface area contributed by atoms with Gasteiger partial charge in [0.05, 0.1) is 24.2 Å². The van der Waals surface area contributed by atoms with Gasteiger partial charge in [-0.2, -0.15) is 0 Å². The van der Waals surface area contributed by atoms with E-state index in [0.717, 1.165) is 10.5 Å². The van der Waals surface area contributed by atoms with Crippen LogP contribution in [-0.2, 0) is 16.0 Å². The number of carbonyl (C=O) groups is 3. The van der Waals surface area contributed by atoms with Crippen LogP contribution in [0.25, 0.3) is 4.96 Å². The summed E-state index contributed by atoms with van der Waals surface area (Å²) in [4.78, 5) is 45.0. The highest BCUT2D eigenvalue weighted by molar-refractivity contribution is 7.15. The van der Waals surface area contributed by atoms with E-state index in [-0.39, 0.29) is 30.7 Å². The topological polar surface area (TPSA) is 105 Å². The number of aromatic nitrogens is 2. The molecule has 0 radical (unpaired) electrons. The smallest absolute Gasteiger partial charge is 0.255 e. The van der Waals surface area contributed by atoms with Gasteiger partial charge in [0.2, 0.25) is 11.8 Å². The average Bonchev–Trinajstić information content (AvgIpc) is 3.37. The van der Waals surface area contributed by atoms with Crippen molar-refractivity contribution in [3.05, 3.63) is 52.8 Å². The van der Waals surface area contributed by atoms with Gasteiger partial charge in [-0.3, -0.25) is 18.8 Å². The number of fused-ring (bicyclic) bond motifs is 2. The van der Waals surface area contributed by atoms with Gasteiger partial charge in [-0.25, -0.2) is 4.98 Å². The quantitative estimate of drug-likeness (QED) is 0.596. The molecule has 0 unspecified atom stereocenters. The number of imidazole rings is 1. The lowest BCUT2D eigenvalue weighted by molar-refractivity contribution is -0.131. The van der Waals surface area contributed by atoms with E-state index in [1.807, 2.05) is 35.2 Å². The Morgan fingerprint density at radius 2 is 2.09 bits per heavy atom. The Hall–Kier alpha value is -3.40. The number of aryl methyl sites for hydroxylation is 1. The van der Waals surface area contributed by atoms with Crippen LogP contribution in [0.2, 0.25) is 0 Å². The number of carbonyl (C=O) groups excluding carboxylic acids is 3. The van der Waals surface area contributed by atoms with E-state index in [2.05, 4.69) is 15.6 Å². The number of nitrogens with one attached hydrogen (secondary N) is 2. The van der Waals surface area contributed by atoms with Crippen molar-refractivity contribution in [2.24, 2.45) is 0 Å². The van der Waals surface area contributed by atoms with E-state index in [4.69, 9.17) is 4.74 Å². The first kappa shape index (κ1) is 22.8. The lowest BCUT2D eigenvalue weighted by atomic mass is 10.1. The summed E-state index contributed by atoms with van der Waals surface area (Å²) in [5, 5.41) is 7.66. The average molecular weight is 470 g/mol. The molecular weight excluding hydrogens is 442 g/mol. The summed E-state index contributed by atoms with van der Waals surface area (Å²) in [5.74, 6) is 0.0390. The molecule has 3 heterocycles. The number of nitrogens with zero attached hydrogens (tertiary/aromatic N) is 3. The molecule has 3 amide bonds. The summed E-state index contributed by atoms with van der Waals surface area (Å²) in [6.07, 6.45) is 4.77. The molecule has 1 aliphatic rings. The number of rotatable bonds is 2. The van der Waals surface area contributed by atoms with E-state index in [0.29, 0.717) is 56.0 Å². The zero-order chi connectivity index (χ0) is 23.2. The van der Waals surface area contributed by atoms with Gasteiger partial charge in [0.15, 0.2) is 4.96 Å². The van der Waals surface area contributed by atoms with Crippen LogP contribution in [0, 0.1) is 6.92 Å². The Bertz CT molecular complexity index is 1130. The van der Waals surface area contributed by atoms with Crippen LogP contribution in [0.4, 0.5) is 0 Å². The number of amides is 3. The number of benzene rings is 1. The minimum atomic E-state index is -0.255. The first-order chi connectivity index (χ1) is 16.0. The molecule has 0 atom stereocenters. The van der Waals surface area contributed by atoms with Crippen molar-refractivity contribution in [1.82, 2.24) is 24.9 Å². The van der Waals surface area contributed by atoms with Crippen LogP contribution in [0.15, 0.2) is 36.0 Å². The fraction of sp³-hybridized carbons (Fsp3) is 0.391. The monoisotopic (exact) mass is 469 g/mol. The second-order valence-electron chi connectivity index (χ2n) is 7.94. The number of thiazole rings is 1. The van der Waals surface area contributed by atoms with Gasteiger partial charge in [0.1, 0.15) is 12.4 Å². The standard InChI is InChI=1S/C23H27N5O4S/c1-16-4-5-19-18(13-16)22(31)25-6-9-27(8-2-3-20(29)24-7-11-32-19)21(30)14-17-15-28-10-12-33-23(28)26-17/h4-5,10,12-13,15H,2-3,6-9,11,14H2,1H3,(H,24,29)(H,25,31). The van der Waals surface area contributed by atoms with E-state index in [1.54, 1.807) is 17.0 Å². The molecule has 1 aliphatic heterocycles. The molecule has 0 spiro atoms. The predicted molar refractivity (Wildman–Crippen MR) is 125 cm³/mol. The number of hydrogen-bond donors (Lipinski definition) is 2. The van der Waals surface area contributed by atoms with Gasteiger partial charge in [-0.1, -0.05) is 11.6 Å². The highest BCUT2D eigenvalue weighted by atomic mass is 32.1. The van der Waals surface area contributed by atoms with Crippen molar-refractivity contribution < 1.29 is 19.1 Å². The molecular formula is C23H27N5O4S. The molecule has 0 fully saturated rings. The molecule has 2 N–H and O–H groups in total. The highest BCUT2D eigenvalue weighted by Gasteiger charge is 2.19. The Kier molecular flexibility index (Phi) is 7.23. The molecule has 0 aliphatic carbocycles. The zero-order valence-corrected chi connectivity index (χ0v) is 19.3. The van der Waals surface area contributed by atoms with Gasteiger partial charge < -0.3 is 20.3 Å². The van der Waals surface area contributed by atoms with E-state index < -0.39 is 0 Å². The van der Waals surface area contributed by atoms with Crippen molar-refractivity contribution in [1.29, 1.82) is 0 Å². The summed E-state index contributed by atoms with van der Waals surface area (Å²) in [7, 11) is 0. The molecule has 9 nitrogen and oxygen atoms in total. The fourth-order valence-corrected chi connectivity index (χ4v) is 4.43. The van der Waals surface area contributed by atoms with Gasteiger partial charge in [0, 0.05) is 43.8 Å². The summed E-state index contributed by atoms with van der Waals surface area (Å²) in [6, 6.07) is 5.41. The Balaban J connectivity index is 1.46. The summed E-state index contributed by atoms with van der Waals surface area (Å²) >= 11 is 1.51. The van der Waals surface area contributed by atoms with Crippen molar-refractivity contribution in [3.8, 4) is 5.75 Å². The van der Waals surface area contributed by atoms with Gasteiger partial charge in [0.25, 0.3) is 5.91 Å². The van der Waals surface area contributed by atoms with E-state index in [9.17, 15) is 14.4 Å². The maximum atomic E-state index is 13.0. The minimum absolute atomic E-state index is 0.0840. The van der Waals surface area contributed by atoms with Crippen molar-refractivity contribution in [2.75, 3.05) is 32.8 Å². The molecule has 1 aromatic carbocycles. The lowest BCUT2D eigenvalue weighted by Crippen LogP contribution is -2.40. The van der Waals surface area contributed by atoms with Gasteiger partial charge in [-0.05, 0) is 25.5 Å². The van der Waals surface area contributed by atoms with Crippen LogP contribution in [-0.4, -0.2) is 64.8 Å². The van der Waals surface area contributed by atoms with Crippen LogP contribution in [0.5, 0.6) is 5.75 Å². The molecule has 33 heavy (non-hydrogen) atoms. The molecule has 4 rings (SSSR count). The summed E-state index contributed by atoms with van der Waals surface area (Å²) < 4.78 is 7.63. The van der Waals surface area contributed by atoms with Gasteiger partial charge in [-0.15, -0.1) is 11.3 Å². The normalized spacial score (nSPS) is 16.2. The van der Waals surface area contributed by atoms with E-state index >= 15 is 0 Å². The molecule has 0 saturated heterocycles. The predicted octanol–water partition coefficient (Wildman–Crippen LogP) is 1.79. The van der Waals surface area contributed by atoms with Crippen molar-refractivity contribution in [2.45, 2.75) is 26.2 Å². The maximum absolute atomic E-state index is 13.0. The van der Waals surface area contributed by atoms with Crippen LogP contribution in [0.3, 0.4) is 0 Å². The molecule has 3 aromatic rings. The molecule has 0 bridgehead atoms. The van der Waals surface area contributed by atoms with Crippen molar-refractivity contribution in [3.63, 3.8) is 0 Å². The van der Waals surface area contributed by atoms with E-state index in [1.165, 1.54) is 11.3 Å². The SMILES string of the molecule is Cc1ccc2c(c1)C(=O)NCCN(C(=O)Cc1cn3ccsc3n1)CCCC(=O)NCCO2. The number of ether oxygens (including phenoxy) is 1. The first-order valence-corrected chi connectivity index (χ1v) is 11.8. The summed E-state index contributed by atoms with van der Waals surface area (Å²) in [6.45, 7) is 3.58. The second kappa shape index (κ2) is 10.5. The third-order valence-corrected chi connectivity index (χ3v) is 6.16. The Labute approximate surface area is 195 Å². The molecule has 2 aromatic heterocycles. The van der Waals surface area contributed by atoms with Crippen LogP contribution >= 0.6 is 11.3 Å². The third-order valence-electron chi connectivity index (χ3n) is 5.39. The molecule has 10 heteroatoms. The highest BCUT2D eigenvalue weighted by Crippen LogP contribution is 2.20. The van der Waals surface area contributed by atoms with Gasteiger partial charge >= 0.3 is 0 Å². The van der Waals surface area contributed by atoms with Crippen LogP contribution < -0.4 is 15.4 Å². The maximum Gasteiger partial charge on any atom is 0.255 e. The van der Waals surface area contributed by atoms with Crippen LogP contribution in [0.1, 0.15) is 34.5 Å². The minimum Gasteiger partial charge on any atom is -0.491 e. The lowest BCUT2D eigenvalue weighted by Gasteiger charge is -2.22. The fourth-order valence-electron chi connectivity index (χ4n) is 3.71. The summed E-state index contributed by atoms with van der Waals surface area (Å²) in [5.41, 5.74) is 2.08. The van der Waals surface area contributed by atoms with Crippen molar-refractivity contribution >= 4 is 34.0 Å². The third kappa shape index (κ3) is 5.89. The molecule has 174 valence electrons. The number of hydrogen-bond acceptors (Lipinski definition) is 6. The largest absolute Gasteiger partial charge is 0.491 e.